The van der Waals surface area contributed by atoms with Crippen LogP contribution in [-0.4, -0.2) is 9.13 Å². The minimum Gasteiger partial charge on any atom is -0.307 e. The summed E-state index contributed by atoms with van der Waals surface area (Å²) in [5.74, 6) is 0. The van der Waals surface area contributed by atoms with Crippen LogP contribution in [0.1, 0.15) is 0 Å². The molecule has 0 aliphatic rings. The molecule has 0 N–H and O–H groups in total. The molecule has 13 aromatic rings. The van der Waals surface area contributed by atoms with E-state index in [9.17, 15) is 0 Å². The second-order valence-electron chi connectivity index (χ2n) is 15.2. The highest BCUT2D eigenvalue weighted by atomic mass is 32.1. The fraction of sp³-hybridized carbons (Fsp3) is 0. The first kappa shape index (κ1) is 31.1. The molecule has 0 aliphatic carbocycles. The molecule has 0 spiro atoms. The van der Waals surface area contributed by atoms with Crippen LogP contribution in [-0.2, 0) is 0 Å². The molecule has 3 heteroatoms. The Morgan fingerprint density at radius 3 is 1.33 bits per heavy atom. The lowest BCUT2D eigenvalue weighted by Gasteiger charge is -2.17. The van der Waals surface area contributed by atoms with Gasteiger partial charge in [0.15, 0.2) is 0 Å². The molecule has 0 saturated carbocycles. The second-order valence-corrected chi connectivity index (χ2v) is 16.3. The summed E-state index contributed by atoms with van der Waals surface area (Å²) < 4.78 is 7.72. The van der Waals surface area contributed by atoms with Crippen molar-refractivity contribution >= 4 is 107 Å². The van der Waals surface area contributed by atoms with Crippen LogP contribution in [0.3, 0.4) is 0 Å². The van der Waals surface area contributed by atoms with Gasteiger partial charge in [-0.25, -0.2) is 0 Å². The quantitative estimate of drug-likeness (QED) is 0.160. The molecule has 2 nitrogen and oxygen atoms in total. The van der Waals surface area contributed by atoms with Crippen molar-refractivity contribution in [1.29, 1.82) is 0 Å². The molecule has 264 valence electrons. The Morgan fingerprint density at radius 1 is 0.281 bits per heavy atom. The maximum absolute atomic E-state index is 2.56. The van der Waals surface area contributed by atoms with Crippen molar-refractivity contribution < 1.29 is 0 Å². The van der Waals surface area contributed by atoms with Gasteiger partial charge in [-0.1, -0.05) is 152 Å². The highest BCUT2D eigenvalue weighted by molar-refractivity contribution is 7.25. The largest absolute Gasteiger partial charge is 0.307 e. The van der Waals surface area contributed by atoms with E-state index in [2.05, 4.69) is 203 Å². The summed E-state index contributed by atoms with van der Waals surface area (Å²) in [7, 11) is 0. The van der Waals surface area contributed by atoms with Crippen molar-refractivity contribution in [2.24, 2.45) is 0 Å². The van der Waals surface area contributed by atoms with Gasteiger partial charge in [-0.2, -0.15) is 0 Å². The molecular formula is C54H32N2S. The van der Waals surface area contributed by atoms with E-state index in [1.54, 1.807) is 0 Å². The van der Waals surface area contributed by atoms with Crippen LogP contribution in [0, 0.1) is 0 Å². The summed E-state index contributed by atoms with van der Waals surface area (Å²) >= 11 is 1.88. The third kappa shape index (κ3) is 4.24. The lowest BCUT2D eigenvalue weighted by molar-refractivity contribution is 1.15. The molecule has 13 rings (SSSR count). The Kier molecular flexibility index (Phi) is 6.35. The van der Waals surface area contributed by atoms with E-state index in [0.29, 0.717) is 0 Å². The number of fused-ring (bicyclic) bond motifs is 18. The van der Waals surface area contributed by atoms with Crippen LogP contribution in [0.4, 0.5) is 0 Å². The van der Waals surface area contributed by atoms with Crippen molar-refractivity contribution in [1.82, 2.24) is 9.13 Å². The van der Waals surface area contributed by atoms with E-state index >= 15 is 0 Å². The predicted molar refractivity (Wildman–Crippen MR) is 246 cm³/mol. The highest BCUT2D eigenvalue weighted by Gasteiger charge is 2.27. The maximum atomic E-state index is 2.56. The Hall–Kier alpha value is -7.20. The zero-order chi connectivity index (χ0) is 37.2. The normalized spacial score (nSPS) is 12.2. The average molecular weight is 741 g/mol. The molecule has 10 aromatic carbocycles. The molecule has 3 heterocycles. The molecule has 57 heavy (non-hydrogen) atoms. The molecule has 0 aliphatic heterocycles. The van der Waals surface area contributed by atoms with E-state index < -0.39 is 0 Å². The smallest absolute Gasteiger partial charge is 0.0795 e. The van der Waals surface area contributed by atoms with Gasteiger partial charge >= 0.3 is 0 Å². The monoisotopic (exact) mass is 740 g/mol. The molecular weight excluding hydrogens is 709 g/mol. The number of aromatic nitrogens is 2. The van der Waals surface area contributed by atoms with Gasteiger partial charge in [0.05, 0.1) is 22.1 Å². The number of hydrogen-bond acceptors (Lipinski definition) is 1. The van der Waals surface area contributed by atoms with Gasteiger partial charge in [-0.05, 0) is 75.1 Å². The predicted octanol–water partition coefficient (Wildman–Crippen LogP) is 15.4. The van der Waals surface area contributed by atoms with E-state index in [1.807, 2.05) is 11.3 Å². The van der Waals surface area contributed by atoms with Crippen LogP contribution < -0.4 is 0 Å². The fourth-order valence-electron chi connectivity index (χ4n) is 9.92. The number of rotatable bonds is 3. The van der Waals surface area contributed by atoms with Gasteiger partial charge in [0.2, 0.25) is 0 Å². The van der Waals surface area contributed by atoms with Gasteiger partial charge < -0.3 is 9.13 Å². The Morgan fingerprint density at radius 2 is 0.719 bits per heavy atom. The van der Waals surface area contributed by atoms with Crippen LogP contribution in [0.25, 0.3) is 119 Å². The van der Waals surface area contributed by atoms with Crippen LogP contribution >= 0.6 is 11.3 Å². The lowest BCUT2D eigenvalue weighted by atomic mass is 9.89. The molecule has 3 aromatic heterocycles. The zero-order valence-electron chi connectivity index (χ0n) is 30.8. The van der Waals surface area contributed by atoms with E-state index in [-0.39, 0.29) is 0 Å². The summed E-state index contributed by atoms with van der Waals surface area (Å²) in [6.45, 7) is 0. The molecule has 0 radical (unpaired) electrons. The van der Waals surface area contributed by atoms with Crippen molar-refractivity contribution in [2.45, 2.75) is 0 Å². The summed E-state index contributed by atoms with van der Waals surface area (Å²) in [5.41, 5.74) is 9.58. The van der Waals surface area contributed by atoms with Gasteiger partial charge in [-0.15, -0.1) is 11.3 Å². The average Bonchev–Trinajstić information content (AvgIpc) is 3.94. The zero-order valence-corrected chi connectivity index (χ0v) is 31.6. The number of para-hydroxylation sites is 2. The Bertz CT molecular complexity index is 3790. The Labute approximate surface area is 331 Å². The summed E-state index contributed by atoms with van der Waals surface area (Å²) in [4.78, 5) is 0. The topological polar surface area (TPSA) is 9.86 Å². The standard InChI is InChI=1S/C54H32N2S/c1-2-14-33(15-3-1)34-26-28-35(29-27-34)55-45-23-11-8-21-43(45)51-49-41-19-6-4-16-37(41)38-17-5-7-20-42(38)50(49)52-44-22-9-12-24-46(44)56(54(52)53(51)55)36-30-31-40-39-18-10-13-25-47(39)57-48(40)32-36/h1-32H. The van der Waals surface area contributed by atoms with E-state index in [1.165, 1.54) is 113 Å². The SMILES string of the molecule is c1ccc(-c2ccc(-n3c4ccccc4c4c5c6ccccc6c6ccccc6c5c5c6ccccc6n(-c6ccc7c(c6)sc6ccccc67)c5c43)cc2)cc1. The van der Waals surface area contributed by atoms with Gasteiger partial charge in [0.25, 0.3) is 0 Å². The van der Waals surface area contributed by atoms with Crippen LogP contribution in [0.15, 0.2) is 194 Å². The molecule has 0 saturated heterocycles. The van der Waals surface area contributed by atoms with Crippen molar-refractivity contribution in [3.63, 3.8) is 0 Å². The summed E-state index contributed by atoms with van der Waals surface area (Å²) in [5, 5.41) is 15.5. The van der Waals surface area contributed by atoms with E-state index in [0.717, 1.165) is 5.69 Å². The minimum atomic E-state index is 1.14. The second kappa shape index (κ2) is 11.7. The Balaban J connectivity index is 1.30. The minimum absolute atomic E-state index is 1.14. The summed E-state index contributed by atoms with van der Waals surface area (Å²) in [6, 6.07) is 71.9. The number of benzene rings is 10. The third-order valence-corrected chi connectivity index (χ3v) is 13.4. The maximum Gasteiger partial charge on any atom is 0.0795 e. The van der Waals surface area contributed by atoms with Crippen molar-refractivity contribution in [3.8, 4) is 22.5 Å². The lowest BCUT2D eigenvalue weighted by Crippen LogP contribution is -1.99. The molecule has 0 atom stereocenters. The summed E-state index contributed by atoms with van der Waals surface area (Å²) in [6.07, 6.45) is 0. The van der Waals surface area contributed by atoms with Crippen LogP contribution in [0.5, 0.6) is 0 Å². The third-order valence-electron chi connectivity index (χ3n) is 12.3. The molecule has 0 bridgehead atoms. The van der Waals surface area contributed by atoms with Gasteiger partial charge in [0, 0.05) is 63.9 Å². The first-order chi connectivity index (χ1) is 28.3. The molecule has 0 amide bonds. The highest BCUT2D eigenvalue weighted by Crippen LogP contribution is 2.51. The first-order valence-corrected chi connectivity index (χ1v) is 20.4. The van der Waals surface area contributed by atoms with Gasteiger partial charge in [-0.3, -0.25) is 0 Å². The first-order valence-electron chi connectivity index (χ1n) is 19.6. The van der Waals surface area contributed by atoms with E-state index in [4.69, 9.17) is 0 Å². The molecule has 0 fully saturated rings. The van der Waals surface area contributed by atoms with Crippen LogP contribution in [0.2, 0.25) is 0 Å². The number of thiophene rings is 1. The number of nitrogens with zero attached hydrogens (tertiary/aromatic N) is 2. The van der Waals surface area contributed by atoms with Crippen molar-refractivity contribution in [2.75, 3.05) is 0 Å². The molecule has 0 unspecified atom stereocenters. The fourth-order valence-corrected chi connectivity index (χ4v) is 11.1. The van der Waals surface area contributed by atoms with Crippen molar-refractivity contribution in [3.05, 3.63) is 194 Å². The van der Waals surface area contributed by atoms with Gasteiger partial charge in [0.1, 0.15) is 0 Å². The number of hydrogen-bond donors (Lipinski definition) is 0.